The van der Waals surface area contributed by atoms with E-state index in [4.69, 9.17) is 5.11 Å². The molecule has 0 fully saturated rings. The summed E-state index contributed by atoms with van der Waals surface area (Å²) in [4.78, 5) is 4.11. The van der Waals surface area contributed by atoms with Gasteiger partial charge in [0.15, 0.2) is 11.6 Å². The third kappa shape index (κ3) is 1.96. The van der Waals surface area contributed by atoms with E-state index in [0.29, 0.717) is 0 Å². The molecule has 0 aliphatic rings. The highest BCUT2D eigenvalue weighted by Crippen LogP contribution is 2.30. The normalized spacial score (nSPS) is 10.5. The van der Waals surface area contributed by atoms with Crippen molar-refractivity contribution in [2.75, 3.05) is 0 Å². The SMILES string of the molecule is NOCc1c(O)c(F)cc(Br)c1F. The zero-order chi connectivity index (χ0) is 10.0. The summed E-state index contributed by atoms with van der Waals surface area (Å²) < 4.78 is 25.8. The highest BCUT2D eigenvalue weighted by molar-refractivity contribution is 9.10. The van der Waals surface area contributed by atoms with Crippen LogP contribution >= 0.6 is 15.9 Å². The molecule has 1 aromatic carbocycles. The first-order valence-electron chi connectivity index (χ1n) is 3.25. The summed E-state index contributed by atoms with van der Waals surface area (Å²) in [5, 5.41) is 9.06. The minimum atomic E-state index is -0.930. The monoisotopic (exact) mass is 253 g/mol. The second-order valence-electron chi connectivity index (χ2n) is 2.29. The van der Waals surface area contributed by atoms with Crippen LogP contribution in [0.3, 0.4) is 0 Å². The average Bonchev–Trinajstić information content (AvgIpc) is 2.09. The maximum absolute atomic E-state index is 13.1. The number of hydrogen-bond acceptors (Lipinski definition) is 3. The highest BCUT2D eigenvalue weighted by Gasteiger charge is 2.16. The lowest BCUT2D eigenvalue weighted by Gasteiger charge is -2.06. The molecule has 0 saturated carbocycles. The van der Waals surface area contributed by atoms with E-state index in [0.717, 1.165) is 6.07 Å². The van der Waals surface area contributed by atoms with E-state index in [1.165, 1.54) is 0 Å². The molecule has 0 aliphatic heterocycles. The van der Waals surface area contributed by atoms with Gasteiger partial charge in [0.25, 0.3) is 0 Å². The van der Waals surface area contributed by atoms with Crippen molar-refractivity contribution in [3.8, 4) is 5.75 Å². The van der Waals surface area contributed by atoms with Crippen LogP contribution in [0.5, 0.6) is 5.75 Å². The number of rotatable bonds is 2. The van der Waals surface area contributed by atoms with Crippen molar-refractivity contribution in [3.05, 3.63) is 27.7 Å². The zero-order valence-electron chi connectivity index (χ0n) is 6.35. The first-order chi connectivity index (χ1) is 6.07. The number of benzene rings is 1. The van der Waals surface area contributed by atoms with E-state index in [2.05, 4.69) is 26.7 Å². The van der Waals surface area contributed by atoms with Crippen LogP contribution in [0.1, 0.15) is 5.56 Å². The summed E-state index contributed by atoms with van der Waals surface area (Å²) in [6.45, 7) is -0.395. The van der Waals surface area contributed by atoms with E-state index in [-0.39, 0.29) is 10.0 Å². The molecule has 1 rings (SSSR count). The van der Waals surface area contributed by atoms with Crippen LogP contribution < -0.4 is 5.90 Å². The lowest BCUT2D eigenvalue weighted by atomic mass is 10.2. The molecule has 0 aliphatic carbocycles. The highest BCUT2D eigenvalue weighted by atomic mass is 79.9. The van der Waals surface area contributed by atoms with Gasteiger partial charge < -0.3 is 5.11 Å². The van der Waals surface area contributed by atoms with Gasteiger partial charge in [0.1, 0.15) is 5.82 Å². The maximum Gasteiger partial charge on any atom is 0.166 e. The van der Waals surface area contributed by atoms with Gasteiger partial charge in [-0.25, -0.2) is 14.7 Å². The van der Waals surface area contributed by atoms with Crippen molar-refractivity contribution >= 4 is 15.9 Å². The van der Waals surface area contributed by atoms with Crippen molar-refractivity contribution in [1.82, 2.24) is 0 Å². The molecule has 0 saturated heterocycles. The van der Waals surface area contributed by atoms with E-state index in [1.54, 1.807) is 0 Å². The van der Waals surface area contributed by atoms with Crippen LogP contribution in [0, 0.1) is 11.6 Å². The van der Waals surface area contributed by atoms with Crippen molar-refractivity contribution in [3.63, 3.8) is 0 Å². The quantitative estimate of drug-likeness (QED) is 0.625. The molecule has 0 bridgehead atoms. The molecule has 13 heavy (non-hydrogen) atoms. The fourth-order valence-electron chi connectivity index (χ4n) is 0.850. The largest absolute Gasteiger partial charge is 0.504 e. The topological polar surface area (TPSA) is 55.5 Å². The number of hydrogen-bond donors (Lipinski definition) is 2. The van der Waals surface area contributed by atoms with Crippen molar-refractivity contribution in [1.29, 1.82) is 0 Å². The Hall–Kier alpha value is -0.720. The number of halogens is 3. The predicted octanol–water partition coefficient (Wildman–Crippen LogP) is 1.82. The molecule has 0 heterocycles. The fourth-order valence-corrected chi connectivity index (χ4v) is 1.29. The minimum Gasteiger partial charge on any atom is -0.504 e. The zero-order valence-corrected chi connectivity index (χ0v) is 7.94. The molecular weight excluding hydrogens is 248 g/mol. The van der Waals surface area contributed by atoms with Gasteiger partial charge in [0.2, 0.25) is 0 Å². The molecule has 0 atom stereocenters. The van der Waals surface area contributed by atoms with Gasteiger partial charge in [0.05, 0.1) is 16.6 Å². The van der Waals surface area contributed by atoms with Crippen LogP contribution in [0.4, 0.5) is 8.78 Å². The van der Waals surface area contributed by atoms with E-state index < -0.39 is 24.0 Å². The predicted molar refractivity (Wildman–Crippen MR) is 44.7 cm³/mol. The van der Waals surface area contributed by atoms with Gasteiger partial charge in [-0.2, -0.15) is 0 Å². The smallest absolute Gasteiger partial charge is 0.166 e. The molecule has 0 unspecified atom stereocenters. The standard InChI is InChI=1S/C7H6BrF2NO2/c8-4-1-5(9)7(12)3(2-13-11)6(4)10/h1,12H,2,11H2. The Morgan fingerprint density at radius 1 is 1.54 bits per heavy atom. The first kappa shape index (κ1) is 10.4. The summed E-state index contributed by atoms with van der Waals surface area (Å²) in [6.07, 6.45) is 0. The molecule has 72 valence electrons. The Balaban J connectivity index is 3.28. The summed E-state index contributed by atoms with van der Waals surface area (Å²) in [6, 6.07) is 0.824. The second-order valence-corrected chi connectivity index (χ2v) is 3.15. The molecule has 3 nitrogen and oxygen atoms in total. The molecular formula is C7H6BrF2NO2. The summed E-state index contributed by atoms with van der Waals surface area (Å²) in [5.41, 5.74) is -0.311. The number of aromatic hydroxyl groups is 1. The Kier molecular flexibility index (Phi) is 3.18. The number of nitrogens with two attached hydrogens (primary N) is 1. The fraction of sp³-hybridized carbons (Fsp3) is 0.143. The number of phenolic OH excluding ortho intramolecular Hbond substituents is 1. The molecule has 1 aromatic rings. The van der Waals surface area contributed by atoms with Gasteiger partial charge in [0, 0.05) is 0 Å². The molecule has 0 spiro atoms. The van der Waals surface area contributed by atoms with E-state index >= 15 is 0 Å². The van der Waals surface area contributed by atoms with Gasteiger partial charge in [-0.3, -0.25) is 4.84 Å². The number of phenols is 1. The Labute approximate surface area is 81.2 Å². The lowest BCUT2D eigenvalue weighted by molar-refractivity contribution is 0.119. The molecule has 0 aromatic heterocycles. The van der Waals surface area contributed by atoms with E-state index in [1.807, 2.05) is 0 Å². The second kappa shape index (κ2) is 3.99. The van der Waals surface area contributed by atoms with Crippen LogP contribution in [-0.4, -0.2) is 5.11 Å². The Bertz CT molecular complexity index is 307. The van der Waals surface area contributed by atoms with E-state index in [9.17, 15) is 8.78 Å². The summed E-state index contributed by atoms with van der Waals surface area (Å²) >= 11 is 2.78. The molecule has 3 N–H and O–H groups in total. The molecule has 6 heteroatoms. The average molecular weight is 254 g/mol. The third-order valence-electron chi connectivity index (χ3n) is 1.47. The summed E-state index contributed by atoms with van der Waals surface area (Å²) in [7, 11) is 0. The lowest BCUT2D eigenvalue weighted by Crippen LogP contribution is -2.03. The third-order valence-corrected chi connectivity index (χ3v) is 2.04. The van der Waals surface area contributed by atoms with Crippen molar-refractivity contribution < 1.29 is 18.7 Å². The van der Waals surface area contributed by atoms with Crippen LogP contribution in [0.15, 0.2) is 10.5 Å². The molecule has 0 amide bonds. The van der Waals surface area contributed by atoms with Gasteiger partial charge >= 0.3 is 0 Å². The Morgan fingerprint density at radius 3 is 2.69 bits per heavy atom. The van der Waals surface area contributed by atoms with Gasteiger partial charge in [-0.05, 0) is 22.0 Å². The maximum atomic E-state index is 13.1. The van der Waals surface area contributed by atoms with Crippen LogP contribution in [-0.2, 0) is 11.4 Å². The Morgan fingerprint density at radius 2 is 2.15 bits per heavy atom. The molecule has 0 radical (unpaired) electrons. The summed E-state index contributed by atoms with van der Waals surface area (Å²) in [5.74, 6) is 2.18. The van der Waals surface area contributed by atoms with Gasteiger partial charge in [-0.1, -0.05) is 0 Å². The van der Waals surface area contributed by atoms with Crippen LogP contribution in [0.2, 0.25) is 0 Å². The van der Waals surface area contributed by atoms with Crippen molar-refractivity contribution in [2.45, 2.75) is 6.61 Å². The van der Waals surface area contributed by atoms with Gasteiger partial charge in [-0.15, -0.1) is 0 Å². The first-order valence-corrected chi connectivity index (χ1v) is 4.04. The van der Waals surface area contributed by atoms with Crippen molar-refractivity contribution in [2.24, 2.45) is 5.90 Å². The van der Waals surface area contributed by atoms with Crippen LogP contribution in [0.25, 0.3) is 0 Å². The minimum absolute atomic E-state index is 0.0881.